The topological polar surface area (TPSA) is 78.4 Å². The lowest BCUT2D eigenvalue weighted by Gasteiger charge is -2.16. The van der Waals surface area contributed by atoms with Crippen molar-refractivity contribution in [1.29, 1.82) is 0 Å². The lowest BCUT2D eigenvalue weighted by atomic mass is 10.3. The van der Waals surface area contributed by atoms with Crippen LogP contribution in [0, 0.1) is 0 Å². The minimum absolute atomic E-state index is 0.111. The van der Waals surface area contributed by atoms with Crippen LogP contribution in [0.5, 0.6) is 0 Å². The molecule has 2 saturated heterocycles. The lowest BCUT2D eigenvalue weighted by Crippen LogP contribution is -2.23. The summed E-state index contributed by atoms with van der Waals surface area (Å²) in [6, 6.07) is 3.83. The average Bonchev–Trinajstić information content (AvgIpc) is 3.37. The molecule has 2 aromatic heterocycles. The molecule has 7 nitrogen and oxygen atoms in total. The number of amides is 2. The molecule has 1 N–H and O–H groups in total. The van der Waals surface area contributed by atoms with Crippen LogP contribution in [-0.2, 0) is 16.0 Å². The van der Waals surface area contributed by atoms with Gasteiger partial charge in [0.05, 0.1) is 24.0 Å². The van der Waals surface area contributed by atoms with Gasteiger partial charge in [-0.3, -0.25) is 14.5 Å². The predicted octanol–water partition coefficient (Wildman–Crippen LogP) is 2.45. The van der Waals surface area contributed by atoms with Crippen molar-refractivity contribution in [2.45, 2.75) is 32.1 Å². The Balaban J connectivity index is 1.33. The molecule has 0 aliphatic carbocycles. The van der Waals surface area contributed by atoms with Crippen LogP contribution in [0.2, 0.25) is 0 Å². The first-order valence-corrected chi connectivity index (χ1v) is 9.82. The smallest absolute Gasteiger partial charge is 0.230 e. The monoisotopic (exact) mass is 371 g/mol. The number of anilines is 3. The van der Waals surface area contributed by atoms with E-state index in [1.165, 1.54) is 24.2 Å². The highest BCUT2D eigenvalue weighted by atomic mass is 32.1. The van der Waals surface area contributed by atoms with Gasteiger partial charge in [0.25, 0.3) is 0 Å². The van der Waals surface area contributed by atoms with Crippen LogP contribution in [0.15, 0.2) is 23.7 Å². The third-order valence-corrected chi connectivity index (χ3v) is 5.56. The molecule has 26 heavy (non-hydrogen) atoms. The van der Waals surface area contributed by atoms with E-state index in [-0.39, 0.29) is 18.2 Å². The third-order valence-electron chi connectivity index (χ3n) is 4.65. The minimum atomic E-state index is -0.134. The summed E-state index contributed by atoms with van der Waals surface area (Å²) in [6.07, 6.45) is 5.75. The van der Waals surface area contributed by atoms with Crippen molar-refractivity contribution in [3.05, 3.63) is 29.4 Å². The van der Waals surface area contributed by atoms with Gasteiger partial charge in [0.1, 0.15) is 5.82 Å². The molecule has 0 bridgehead atoms. The quantitative estimate of drug-likeness (QED) is 0.873. The Hall–Kier alpha value is -2.48. The van der Waals surface area contributed by atoms with Crippen molar-refractivity contribution in [1.82, 2.24) is 9.97 Å². The number of carbonyl (C=O) groups excluding carboxylic acids is 2. The molecular formula is C18H21N5O2S. The number of aromatic nitrogens is 2. The maximum Gasteiger partial charge on any atom is 0.230 e. The second-order valence-corrected chi connectivity index (χ2v) is 7.43. The van der Waals surface area contributed by atoms with Crippen LogP contribution in [0.25, 0.3) is 0 Å². The fraction of sp³-hybridized carbons (Fsp3) is 0.444. The number of carbonyl (C=O) groups is 2. The number of thiazole rings is 1. The second-order valence-electron chi connectivity index (χ2n) is 6.59. The highest BCUT2D eigenvalue weighted by molar-refractivity contribution is 7.14. The molecule has 2 aromatic rings. The molecule has 0 saturated carbocycles. The number of nitrogens with zero attached hydrogens (tertiary/aromatic N) is 4. The Labute approximate surface area is 156 Å². The van der Waals surface area contributed by atoms with E-state index in [1.54, 1.807) is 11.1 Å². The highest BCUT2D eigenvalue weighted by Crippen LogP contribution is 2.25. The van der Waals surface area contributed by atoms with Gasteiger partial charge >= 0.3 is 0 Å². The van der Waals surface area contributed by atoms with Crippen molar-refractivity contribution in [3.8, 4) is 0 Å². The number of pyridine rings is 1. The van der Waals surface area contributed by atoms with Crippen molar-refractivity contribution < 1.29 is 9.59 Å². The van der Waals surface area contributed by atoms with Crippen molar-refractivity contribution >= 4 is 39.8 Å². The molecule has 0 spiro atoms. The maximum absolute atomic E-state index is 12.3. The summed E-state index contributed by atoms with van der Waals surface area (Å²) in [5.74, 6) is 0.935. The fourth-order valence-electron chi connectivity index (χ4n) is 3.31. The van der Waals surface area contributed by atoms with Gasteiger partial charge in [-0.1, -0.05) is 0 Å². The fourth-order valence-corrected chi connectivity index (χ4v) is 4.18. The summed E-state index contributed by atoms with van der Waals surface area (Å²) in [7, 11) is 0. The Morgan fingerprint density at radius 2 is 2.04 bits per heavy atom. The Morgan fingerprint density at radius 3 is 2.73 bits per heavy atom. The first-order valence-electron chi connectivity index (χ1n) is 8.95. The van der Waals surface area contributed by atoms with E-state index in [9.17, 15) is 9.59 Å². The van der Waals surface area contributed by atoms with Crippen LogP contribution < -0.4 is 15.1 Å². The number of rotatable bonds is 5. The first-order chi connectivity index (χ1) is 12.7. The summed E-state index contributed by atoms with van der Waals surface area (Å²) in [5, 5.41) is 5.39. The van der Waals surface area contributed by atoms with Gasteiger partial charge in [-0.05, 0) is 31.4 Å². The summed E-state index contributed by atoms with van der Waals surface area (Å²) in [5.41, 5.74) is 1.37. The minimum Gasteiger partial charge on any atom is -0.357 e. The molecule has 4 heterocycles. The molecule has 8 heteroatoms. The SMILES string of the molecule is O=C(Cc1csc(N2CCCC2=O)n1)Nc1ccc(N2CCCC2)nc1. The van der Waals surface area contributed by atoms with Crippen LogP contribution in [0.1, 0.15) is 31.4 Å². The molecule has 4 rings (SSSR count). The number of hydrogen-bond donors (Lipinski definition) is 1. The maximum atomic E-state index is 12.3. The summed E-state index contributed by atoms with van der Waals surface area (Å²) in [4.78, 5) is 36.8. The highest BCUT2D eigenvalue weighted by Gasteiger charge is 2.24. The zero-order valence-electron chi connectivity index (χ0n) is 14.5. The van der Waals surface area contributed by atoms with Gasteiger partial charge in [0, 0.05) is 31.4 Å². The van der Waals surface area contributed by atoms with E-state index in [0.29, 0.717) is 29.5 Å². The van der Waals surface area contributed by atoms with Gasteiger partial charge in [0.15, 0.2) is 5.13 Å². The standard InChI is InChI=1S/C18H21N5O2S/c24-16(10-14-12-26-18(21-14)23-9-3-4-17(23)25)20-13-5-6-15(19-11-13)22-7-1-2-8-22/h5-6,11-12H,1-4,7-10H2,(H,20,24). The Bertz CT molecular complexity index is 798. The van der Waals surface area contributed by atoms with Crippen LogP contribution >= 0.6 is 11.3 Å². The molecule has 2 aliphatic heterocycles. The molecule has 0 atom stereocenters. The third kappa shape index (κ3) is 3.70. The zero-order valence-corrected chi connectivity index (χ0v) is 15.3. The van der Waals surface area contributed by atoms with Gasteiger partial charge in [-0.25, -0.2) is 9.97 Å². The zero-order chi connectivity index (χ0) is 17.9. The molecule has 2 amide bonds. The largest absolute Gasteiger partial charge is 0.357 e. The van der Waals surface area contributed by atoms with Gasteiger partial charge in [-0.2, -0.15) is 0 Å². The molecule has 2 fully saturated rings. The predicted molar refractivity (Wildman–Crippen MR) is 102 cm³/mol. The van der Waals surface area contributed by atoms with Gasteiger partial charge in [-0.15, -0.1) is 11.3 Å². The molecule has 0 radical (unpaired) electrons. The summed E-state index contributed by atoms with van der Waals surface area (Å²) >= 11 is 1.41. The van der Waals surface area contributed by atoms with E-state index >= 15 is 0 Å². The second kappa shape index (κ2) is 7.41. The average molecular weight is 371 g/mol. The van der Waals surface area contributed by atoms with E-state index in [0.717, 1.165) is 25.3 Å². The summed E-state index contributed by atoms with van der Waals surface area (Å²) in [6.45, 7) is 2.81. The number of nitrogens with one attached hydrogen (secondary N) is 1. The van der Waals surface area contributed by atoms with Crippen LogP contribution in [-0.4, -0.2) is 41.4 Å². The van der Waals surface area contributed by atoms with E-state index in [4.69, 9.17) is 0 Å². The van der Waals surface area contributed by atoms with Crippen molar-refractivity contribution in [3.63, 3.8) is 0 Å². The first kappa shape index (κ1) is 17.0. The normalized spacial score (nSPS) is 17.2. The van der Waals surface area contributed by atoms with Gasteiger partial charge < -0.3 is 10.2 Å². The molecule has 2 aliphatic rings. The molecule has 0 unspecified atom stereocenters. The molecule has 0 aromatic carbocycles. The molecular weight excluding hydrogens is 350 g/mol. The molecule has 136 valence electrons. The van der Waals surface area contributed by atoms with Gasteiger partial charge in [0.2, 0.25) is 11.8 Å². The van der Waals surface area contributed by atoms with Crippen molar-refractivity contribution in [2.75, 3.05) is 34.8 Å². The Kier molecular flexibility index (Phi) is 4.83. The van der Waals surface area contributed by atoms with Crippen molar-refractivity contribution in [2.24, 2.45) is 0 Å². The lowest BCUT2D eigenvalue weighted by molar-refractivity contribution is -0.117. The number of hydrogen-bond acceptors (Lipinski definition) is 6. The van der Waals surface area contributed by atoms with E-state index in [1.807, 2.05) is 17.5 Å². The van der Waals surface area contributed by atoms with Crippen LogP contribution in [0.4, 0.5) is 16.6 Å². The Morgan fingerprint density at radius 1 is 1.19 bits per heavy atom. The van der Waals surface area contributed by atoms with E-state index < -0.39 is 0 Å². The van der Waals surface area contributed by atoms with Crippen LogP contribution in [0.3, 0.4) is 0 Å². The summed E-state index contributed by atoms with van der Waals surface area (Å²) < 4.78 is 0. The van der Waals surface area contributed by atoms with E-state index in [2.05, 4.69) is 20.2 Å².